The predicted octanol–water partition coefficient (Wildman–Crippen LogP) is 2.18. The molecule has 0 saturated heterocycles. The van der Waals surface area contributed by atoms with E-state index in [1.807, 2.05) is 0 Å². The van der Waals surface area contributed by atoms with Crippen molar-refractivity contribution in [1.29, 1.82) is 21.0 Å². The van der Waals surface area contributed by atoms with Crippen LogP contribution in [0.3, 0.4) is 0 Å². The summed E-state index contributed by atoms with van der Waals surface area (Å²) in [5.74, 6) is -10.5. The van der Waals surface area contributed by atoms with E-state index in [2.05, 4.69) is 0 Å². The Morgan fingerprint density at radius 1 is 0.550 bits per heavy atom. The van der Waals surface area contributed by atoms with Gasteiger partial charge in [-0.1, -0.05) is 0 Å². The molecule has 0 aliphatic rings. The minimum atomic E-state index is -2.03. The zero-order valence-corrected chi connectivity index (χ0v) is 9.30. The van der Waals surface area contributed by atoms with Gasteiger partial charge < -0.3 is 0 Å². The quantitative estimate of drug-likeness (QED) is 0.470. The van der Waals surface area contributed by atoms with Gasteiger partial charge in [-0.2, -0.15) is 21.0 Å². The van der Waals surface area contributed by atoms with Crippen LogP contribution in [0.25, 0.3) is 0 Å². The highest BCUT2D eigenvalue weighted by Gasteiger charge is 2.48. The lowest BCUT2D eigenvalue weighted by molar-refractivity contribution is 0.438. The maximum atomic E-state index is 13.6. The first-order valence-corrected chi connectivity index (χ1v) is 4.65. The Kier molecular flexibility index (Phi) is 4.06. The Labute approximate surface area is 110 Å². The van der Waals surface area contributed by atoms with Gasteiger partial charge in [-0.05, 0) is 0 Å². The van der Waals surface area contributed by atoms with Crippen molar-refractivity contribution in [1.82, 2.24) is 0 Å². The molecule has 94 valence electrons. The monoisotopic (exact) mass is 276 g/mol. The summed E-state index contributed by atoms with van der Waals surface area (Å²) < 4.78 is 54.5. The Morgan fingerprint density at radius 2 is 0.750 bits per heavy atom. The molecule has 0 aromatic heterocycles. The van der Waals surface area contributed by atoms with E-state index in [9.17, 15) is 17.6 Å². The maximum Gasteiger partial charge on any atom is 0.338 e. The van der Waals surface area contributed by atoms with Crippen molar-refractivity contribution in [3.63, 3.8) is 0 Å². The van der Waals surface area contributed by atoms with Crippen LogP contribution < -0.4 is 0 Å². The average molecular weight is 276 g/mol. The van der Waals surface area contributed by atoms with Crippen molar-refractivity contribution in [2.45, 2.75) is 0 Å². The van der Waals surface area contributed by atoms with Crippen LogP contribution in [-0.4, -0.2) is 0 Å². The summed E-state index contributed by atoms with van der Waals surface area (Å²) in [7, 11) is 0. The molecule has 8 heteroatoms. The van der Waals surface area contributed by atoms with Gasteiger partial charge in [0.15, 0.2) is 24.3 Å². The zero-order valence-electron chi connectivity index (χ0n) is 9.30. The summed E-state index contributed by atoms with van der Waals surface area (Å²) in [4.78, 5) is 0. The highest BCUT2D eigenvalue weighted by Crippen LogP contribution is 2.31. The zero-order chi connectivity index (χ0) is 15.4. The molecule has 20 heavy (non-hydrogen) atoms. The third kappa shape index (κ3) is 2.03. The second-order valence-corrected chi connectivity index (χ2v) is 3.20. The molecule has 0 saturated carbocycles. The number of hydrogen-bond donors (Lipinski definition) is 0. The second kappa shape index (κ2) is 5.52. The number of hydrogen-bond acceptors (Lipinski definition) is 4. The highest BCUT2D eigenvalue weighted by atomic mass is 19.2. The highest BCUT2D eigenvalue weighted by molar-refractivity contribution is 5.56. The molecular weight excluding hydrogens is 276 g/mol. The lowest BCUT2D eigenvalue weighted by Gasteiger charge is -1.96. The number of halogens is 4. The number of nitrogens with zero attached hydrogens (tertiary/aromatic N) is 4. The fourth-order valence-corrected chi connectivity index (χ4v) is 1.34. The molecular formula is C12F4N4+2. The normalized spacial score (nSPS) is 8.80. The van der Waals surface area contributed by atoms with E-state index >= 15 is 0 Å². The smallest absolute Gasteiger partial charge is 0.175 e. The minimum absolute atomic E-state index is 1.09. The SMILES string of the molecule is N#C[C+](C#N)c1c(F)c(F)c([C+](C#N)C#N)c(F)c1F. The molecule has 0 aliphatic heterocycles. The van der Waals surface area contributed by atoms with Crippen molar-refractivity contribution < 1.29 is 17.6 Å². The van der Waals surface area contributed by atoms with Crippen LogP contribution in [0.1, 0.15) is 11.1 Å². The van der Waals surface area contributed by atoms with E-state index < -0.39 is 46.2 Å². The molecule has 0 unspecified atom stereocenters. The molecule has 0 heterocycles. The van der Waals surface area contributed by atoms with Gasteiger partial charge in [-0.15, -0.1) is 17.6 Å². The summed E-state index contributed by atoms with van der Waals surface area (Å²) in [6, 6.07) is 4.34. The van der Waals surface area contributed by atoms with Crippen molar-refractivity contribution in [3.05, 3.63) is 46.2 Å². The first-order chi connectivity index (χ1) is 9.44. The molecule has 0 amide bonds. The van der Waals surface area contributed by atoms with Crippen molar-refractivity contribution in [3.8, 4) is 24.3 Å². The maximum absolute atomic E-state index is 13.6. The molecule has 4 nitrogen and oxygen atoms in total. The van der Waals surface area contributed by atoms with Crippen LogP contribution >= 0.6 is 0 Å². The van der Waals surface area contributed by atoms with Gasteiger partial charge >= 0.3 is 23.3 Å². The molecule has 0 bridgehead atoms. The van der Waals surface area contributed by atoms with E-state index in [0.29, 0.717) is 0 Å². The molecule has 1 rings (SSSR count). The molecule has 0 spiro atoms. The Balaban J connectivity index is 3.79. The summed E-state index contributed by atoms with van der Waals surface area (Å²) in [5, 5.41) is 33.9. The van der Waals surface area contributed by atoms with Gasteiger partial charge in [0, 0.05) is 0 Å². The van der Waals surface area contributed by atoms with Gasteiger partial charge in [0.2, 0.25) is 0 Å². The van der Waals surface area contributed by atoms with E-state index in [1.54, 1.807) is 0 Å². The topological polar surface area (TPSA) is 95.2 Å². The molecule has 1 aromatic carbocycles. The van der Waals surface area contributed by atoms with Crippen LogP contribution in [0.15, 0.2) is 0 Å². The predicted molar refractivity (Wildman–Crippen MR) is 53.4 cm³/mol. The molecule has 0 N–H and O–H groups in total. The van der Waals surface area contributed by atoms with E-state index in [1.165, 1.54) is 0 Å². The van der Waals surface area contributed by atoms with Crippen LogP contribution in [0.2, 0.25) is 0 Å². The number of benzene rings is 1. The average Bonchev–Trinajstić information content (AvgIpc) is 2.46. The minimum Gasteiger partial charge on any atom is -0.175 e. The Bertz CT molecular complexity index is 610. The molecule has 1 aromatic rings. The van der Waals surface area contributed by atoms with Crippen molar-refractivity contribution in [2.24, 2.45) is 0 Å². The fraction of sp³-hybridized carbons (Fsp3) is 0. The summed E-state index contributed by atoms with van der Waals surface area (Å²) in [5.41, 5.74) is -2.96. The summed E-state index contributed by atoms with van der Waals surface area (Å²) in [6.07, 6.45) is 0. The molecule has 0 aliphatic carbocycles. The molecule has 0 atom stereocenters. The van der Waals surface area contributed by atoms with Crippen LogP contribution in [0.4, 0.5) is 17.6 Å². The first kappa shape index (κ1) is 14.7. The summed E-state index contributed by atoms with van der Waals surface area (Å²) in [6.45, 7) is 0. The third-order valence-corrected chi connectivity index (χ3v) is 2.21. The van der Waals surface area contributed by atoms with E-state index in [4.69, 9.17) is 21.0 Å². The van der Waals surface area contributed by atoms with Crippen LogP contribution in [0, 0.1) is 80.4 Å². The fourth-order valence-electron chi connectivity index (χ4n) is 1.34. The number of nitriles is 4. The molecule has 0 radical (unpaired) electrons. The van der Waals surface area contributed by atoms with Crippen molar-refractivity contribution >= 4 is 0 Å². The van der Waals surface area contributed by atoms with Gasteiger partial charge in [-0.3, -0.25) is 0 Å². The molecule has 0 fully saturated rings. The van der Waals surface area contributed by atoms with Gasteiger partial charge in [0.05, 0.1) is 0 Å². The number of rotatable bonds is 2. The van der Waals surface area contributed by atoms with E-state index in [0.717, 1.165) is 24.3 Å². The first-order valence-electron chi connectivity index (χ1n) is 4.65. The van der Waals surface area contributed by atoms with Crippen molar-refractivity contribution in [2.75, 3.05) is 0 Å². The van der Waals surface area contributed by atoms with Crippen LogP contribution in [0.5, 0.6) is 0 Å². The Hall–Kier alpha value is -3.36. The van der Waals surface area contributed by atoms with Gasteiger partial charge in [0.1, 0.15) is 0 Å². The lowest BCUT2D eigenvalue weighted by atomic mass is 9.93. The Morgan fingerprint density at radius 3 is 0.900 bits per heavy atom. The lowest BCUT2D eigenvalue weighted by Crippen LogP contribution is -2.13. The second-order valence-electron chi connectivity index (χ2n) is 3.20. The standard InChI is InChI=1S/C12F4N4/c13-9-7(5(1-17)2-18)10(14)12(16)8(11(9)15)6(3-19)4-20/q+2. The largest absolute Gasteiger partial charge is 0.338 e. The van der Waals surface area contributed by atoms with E-state index in [-0.39, 0.29) is 0 Å². The summed E-state index contributed by atoms with van der Waals surface area (Å²) >= 11 is 0. The van der Waals surface area contributed by atoms with Gasteiger partial charge in [-0.25, -0.2) is 0 Å². The van der Waals surface area contributed by atoms with Gasteiger partial charge in [0.25, 0.3) is 23.0 Å². The third-order valence-electron chi connectivity index (χ3n) is 2.21. The van der Waals surface area contributed by atoms with Crippen LogP contribution in [-0.2, 0) is 0 Å².